The van der Waals surface area contributed by atoms with Crippen LogP contribution in [-0.2, 0) is 32.6 Å². The molecule has 0 heterocycles. The molecule has 5 aromatic carbocycles. The first-order valence-electron chi connectivity index (χ1n) is 18.1. The Morgan fingerprint density at radius 1 is 0.759 bits per heavy atom. The summed E-state index contributed by atoms with van der Waals surface area (Å²) in [5.41, 5.74) is 2.63. The molecule has 1 unspecified atom stereocenters. The number of hydrogen-bond donors (Lipinski definition) is 1. The normalized spacial score (nSPS) is 13.8. The molecule has 1 aliphatic carbocycles. The number of halogens is 2. The number of nitrogens with one attached hydrogen (secondary N) is 1. The first-order valence-corrected chi connectivity index (χ1v) is 20.3. The van der Waals surface area contributed by atoms with Crippen molar-refractivity contribution in [1.82, 2.24) is 10.2 Å². The predicted molar refractivity (Wildman–Crippen MR) is 215 cm³/mol. The number of anilines is 1. The van der Waals surface area contributed by atoms with E-state index in [4.69, 9.17) is 27.9 Å². The highest BCUT2D eigenvalue weighted by atomic mass is 35.5. The number of para-hydroxylation sites is 1. The molecule has 54 heavy (non-hydrogen) atoms. The molecule has 280 valence electrons. The summed E-state index contributed by atoms with van der Waals surface area (Å²) in [6.07, 6.45) is 5.08. The fourth-order valence-electron chi connectivity index (χ4n) is 6.60. The van der Waals surface area contributed by atoms with Crippen LogP contribution in [0.1, 0.15) is 48.8 Å². The van der Waals surface area contributed by atoms with Gasteiger partial charge in [0.05, 0.1) is 20.6 Å². The van der Waals surface area contributed by atoms with Gasteiger partial charge < -0.3 is 15.0 Å². The van der Waals surface area contributed by atoms with Crippen molar-refractivity contribution in [3.63, 3.8) is 0 Å². The van der Waals surface area contributed by atoms with Gasteiger partial charge in [0.15, 0.2) is 0 Å². The van der Waals surface area contributed by atoms with E-state index in [0.717, 1.165) is 47.5 Å². The van der Waals surface area contributed by atoms with Gasteiger partial charge >= 0.3 is 0 Å². The molecule has 6 rings (SSSR count). The zero-order chi connectivity index (χ0) is 38.1. The van der Waals surface area contributed by atoms with Gasteiger partial charge in [0, 0.05) is 19.0 Å². The minimum Gasteiger partial charge on any atom is -0.457 e. The SMILES string of the molecule is Cc1ccc(S(=O)(=O)N(CC(=O)N(Cc2ccc(Cl)c(Cl)c2)C(Cc2ccccc2)C(=O)NC2CCCCC2)c2ccc(Oc3ccccc3)cc2)cc1. The molecule has 0 bridgehead atoms. The van der Waals surface area contributed by atoms with Crippen molar-refractivity contribution in [1.29, 1.82) is 0 Å². The highest BCUT2D eigenvalue weighted by molar-refractivity contribution is 7.92. The number of amides is 2. The molecule has 8 nitrogen and oxygen atoms in total. The molecule has 1 N–H and O–H groups in total. The van der Waals surface area contributed by atoms with Crippen molar-refractivity contribution >= 4 is 50.7 Å². The standard InChI is InChI=1S/C43H43Cl2N3O5S/c1-31-17-24-38(25-18-31)54(51,52)48(35-20-22-37(23-21-35)53-36-15-9-4-10-16-36)30-42(49)47(29-33-19-26-39(44)40(45)27-33)41(28-32-11-5-2-6-12-32)43(50)46-34-13-7-3-8-14-34/h2,4-6,9-12,15-27,34,41H,3,7-8,13-14,28-30H2,1H3,(H,46,50). The van der Waals surface area contributed by atoms with E-state index in [1.807, 2.05) is 67.6 Å². The van der Waals surface area contributed by atoms with Crippen molar-refractivity contribution in [3.8, 4) is 11.5 Å². The fourth-order valence-corrected chi connectivity index (χ4v) is 8.34. The van der Waals surface area contributed by atoms with Crippen molar-refractivity contribution in [2.45, 2.75) is 69.0 Å². The van der Waals surface area contributed by atoms with Gasteiger partial charge in [-0.05, 0) is 91.6 Å². The summed E-state index contributed by atoms with van der Waals surface area (Å²) in [4.78, 5) is 30.8. The third kappa shape index (κ3) is 10.0. The van der Waals surface area contributed by atoms with E-state index < -0.39 is 28.5 Å². The van der Waals surface area contributed by atoms with Crippen molar-refractivity contribution < 1.29 is 22.7 Å². The average molecular weight is 785 g/mol. The van der Waals surface area contributed by atoms with Gasteiger partial charge in [0.1, 0.15) is 24.1 Å². The van der Waals surface area contributed by atoms with Gasteiger partial charge in [0.2, 0.25) is 11.8 Å². The van der Waals surface area contributed by atoms with Crippen LogP contribution in [0.2, 0.25) is 10.0 Å². The van der Waals surface area contributed by atoms with E-state index in [9.17, 15) is 18.0 Å². The van der Waals surface area contributed by atoms with E-state index >= 15 is 0 Å². The van der Waals surface area contributed by atoms with Crippen LogP contribution in [0.5, 0.6) is 11.5 Å². The number of benzene rings is 5. The van der Waals surface area contributed by atoms with Crippen LogP contribution in [0, 0.1) is 6.92 Å². The van der Waals surface area contributed by atoms with Crippen molar-refractivity contribution in [2.75, 3.05) is 10.8 Å². The lowest BCUT2D eigenvalue weighted by Crippen LogP contribution is -2.55. The van der Waals surface area contributed by atoms with Crippen LogP contribution >= 0.6 is 23.2 Å². The summed E-state index contributed by atoms with van der Waals surface area (Å²) in [7, 11) is -4.28. The minimum absolute atomic E-state index is 0.0125. The Morgan fingerprint density at radius 3 is 2.04 bits per heavy atom. The number of ether oxygens (including phenoxy) is 1. The summed E-state index contributed by atoms with van der Waals surface area (Å²) >= 11 is 12.7. The molecular formula is C43H43Cl2N3O5S. The Labute approximate surface area is 327 Å². The molecule has 0 aliphatic heterocycles. The van der Waals surface area contributed by atoms with Gasteiger partial charge in [0.25, 0.3) is 10.0 Å². The van der Waals surface area contributed by atoms with Crippen LogP contribution in [0.3, 0.4) is 0 Å². The number of carbonyl (C=O) groups excluding carboxylic acids is 2. The molecule has 0 aromatic heterocycles. The summed E-state index contributed by atoms with van der Waals surface area (Å²) in [6, 6.07) is 35.8. The maximum atomic E-state index is 14.9. The molecular weight excluding hydrogens is 741 g/mol. The van der Waals surface area contributed by atoms with Crippen LogP contribution in [0.15, 0.2) is 132 Å². The Kier molecular flexibility index (Phi) is 13.0. The number of nitrogens with zero attached hydrogens (tertiary/aromatic N) is 2. The van der Waals surface area contributed by atoms with Crippen LogP contribution < -0.4 is 14.4 Å². The quantitative estimate of drug-likeness (QED) is 0.121. The molecule has 1 fully saturated rings. The lowest BCUT2D eigenvalue weighted by molar-refractivity contribution is -0.140. The number of sulfonamides is 1. The lowest BCUT2D eigenvalue weighted by Gasteiger charge is -2.35. The molecule has 11 heteroatoms. The minimum atomic E-state index is -4.28. The molecule has 0 spiro atoms. The first-order chi connectivity index (χ1) is 26.1. The molecule has 2 amide bonds. The number of aryl methyl sites for hydroxylation is 1. The van der Waals surface area contributed by atoms with Gasteiger partial charge in [-0.15, -0.1) is 0 Å². The molecule has 0 radical (unpaired) electrons. The van der Waals surface area contributed by atoms with Gasteiger partial charge in [-0.25, -0.2) is 8.42 Å². The number of hydrogen-bond acceptors (Lipinski definition) is 5. The monoisotopic (exact) mass is 783 g/mol. The van der Waals surface area contributed by atoms with Crippen molar-refractivity contribution in [2.24, 2.45) is 0 Å². The van der Waals surface area contributed by atoms with E-state index in [2.05, 4.69) is 5.32 Å². The summed E-state index contributed by atoms with van der Waals surface area (Å²) in [5.74, 6) is 0.251. The molecule has 1 aliphatic rings. The van der Waals surface area contributed by atoms with Crippen LogP contribution in [0.25, 0.3) is 0 Å². The smallest absolute Gasteiger partial charge is 0.264 e. The summed E-state index contributed by atoms with van der Waals surface area (Å²) in [5, 5.41) is 3.88. The Hall–Kier alpha value is -4.83. The summed E-state index contributed by atoms with van der Waals surface area (Å²) in [6.45, 7) is 1.27. The topological polar surface area (TPSA) is 96.0 Å². The molecule has 5 aromatic rings. The number of carbonyl (C=O) groups is 2. The zero-order valence-electron chi connectivity index (χ0n) is 30.0. The van der Waals surface area contributed by atoms with E-state index in [1.54, 1.807) is 54.6 Å². The zero-order valence-corrected chi connectivity index (χ0v) is 32.4. The lowest BCUT2D eigenvalue weighted by atomic mass is 9.94. The maximum absolute atomic E-state index is 14.9. The predicted octanol–water partition coefficient (Wildman–Crippen LogP) is 9.38. The van der Waals surface area contributed by atoms with E-state index in [0.29, 0.717) is 27.1 Å². The highest BCUT2D eigenvalue weighted by Gasteiger charge is 2.35. The van der Waals surface area contributed by atoms with Crippen LogP contribution in [0.4, 0.5) is 5.69 Å². The van der Waals surface area contributed by atoms with E-state index in [1.165, 1.54) is 17.0 Å². The third-order valence-electron chi connectivity index (χ3n) is 9.55. The summed E-state index contributed by atoms with van der Waals surface area (Å²) < 4.78 is 36.0. The Balaban J connectivity index is 1.39. The Bertz CT molecular complexity index is 2130. The second-order valence-corrected chi connectivity index (χ2v) is 16.2. The first kappa shape index (κ1) is 38.9. The molecule has 1 atom stereocenters. The van der Waals surface area contributed by atoms with E-state index in [-0.39, 0.29) is 35.5 Å². The largest absolute Gasteiger partial charge is 0.457 e. The fraction of sp³-hybridized carbons (Fsp3) is 0.256. The van der Waals surface area contributed by atoms with Crippen LogP contribution in [-0.4, -0.2) is 43.8 Å². The molecule has 0 saturated heterocycles. The van der Waals surface area contributed by atoms with Gasteiger partial charge in [-0.2, -0.15) is 0 Å². The maximum Gasteiger partial charge on any atom is 0.264 e. The van der Waals surface area contributed by atoms with Crippen molar-refractivity contribution in [3.05, 3.63) is 154 Å². The second-order valence-electron chi connectivity index (χ2n) is 13.6. The molecule has 1 saturated carbocycles. The third-order valence-corrected chi connectivity index (χ3v) is 12.1. The number of rotatable bonds is 14. The van der Waals surface area contributed by atoms with Gasteiger partial charge in [-0.1, -0.05) is 115 Å². The Morgan fingerprint density at radius 2 is 1.39 bits per heavy atom. The highest BCUT2D eigenvalue weighted by Crippen LogP contribution is 2.30. The average Bonchev–Trinajstić information content (AvgIpc) is 3.18. The van der Waals surface area contributed by atoms with Gasteiger partial charge in [-0.3, -0.25) is 13.9 Å². The second kappa shape index (κ2) is 18.0.